The predicted octanol–water partition coefficient (Wildman–Crippen LogP) is 3.11. The number of anilines is 1. The topological polar surface area (TPSA) is 42.0 Å². The molecule has 142 valence electrons. The fraction of sp³-hybridized carbons (Fsp3) is 0.350. The van der Waals surface area contributed by atoms with E-state index in [1.54, 1.807) is 11.0 Å². The van der Waals surface area contributed by atoms with Crippen molar-refractivity contribution >= 4 is 23.2 Å². The first-order valence-corrected chi connectivity index (χ1v) is 9.31. The molecule has 2 aromatic carbocycles. The van der Waals surface area contributed by atoms with Crippen molar-refractivity contribution in [2.45, 2.75) is 12.6 Å². The second-order valence-electron chi connectivity index (χ2n) is 6.63. The van der Waals surface area contributed by atoms with Gasteiger partial charge in [-0.15, -0.1) is 0 Å². The molecule has 27 heavy (non-hydrogen) atoms. The van der Waals surface area contributed by atoms with E-state index < -0.39 is 6.10 Å². The maximum absolute atomic E-state index is 13.4. The summed E-state index contributed by atoms with van der Waals surface area (Å²) in [7, 11) is 0. The number of rotatable bonds is 3. The highest BCUT2D eigenvalue weighted by atomic mass is 35.5. The summed E-state index contributed by atoms with van der Waals surface area (Å²) in [6, 6.07) is 12.0. The molecular formula is C20H20ClFN2O3. The van der Waals surface area contributed by atoms with Crippen LogP contribution in [-0.2, 0) is 16.1 Å². The van der Waals surface area contributed by atoms with Crippen molar-refractivity contribution in [3.63, 3.8) is 0 Å². The highest BCUT2D eigenvalue weighted by Crippen LogP contribution is 2.35. The van der Waals surface area contributed by atoms with Crippen LogP contribution in [0.15, 0.2) is 42.5 Å². The van der Waals surface area contributed by atoms with Gasteiger partial charge in [-0.05, 0) is 29.8 Å². The number of halogens is 2. The van der Waals surface area contributed by atoms with Gasteiger partial charge in [0, 0.05) is 24.7 Å². The zero-order chi connectivity index (χ0) is 18.8. The van der Waals surface area contributed by atoms with E-state index in [0.717, 1.165) is 11.3 Å². The number of carbonyl (C=O) groups is 1. The van der Waals surface area contributed by atoms with Gasteiger partial charge in [0.05, 0.1) is 25.4 Å². The summed E-state index contributed by atoms with van der Waals surface area (Å²) in [5.74, 6) is 0.253. The first kappa shape index (κ1) is 18.1. The Morgan fingerprint density at radius 3 is 2.74 bits per heavy atom. The van der Waals surface area contributed by atoms with Gasteiger partial charge in [0.15, 0.2) is 6.10 Å². The van der Waals surface area contributed by atoms with E-state index in [-0.39, 0.29) is 11.7 Å². The molecule has 4 rings (SSSR count). The smallest absolute Gasteiger partial charge is 0.265 e. The number of morpholine rings is 1. The van der Waals surface area contributed by atoms with Gasteiger partial charge >= 0.3 is 0 Å². The van der Waals surface area contributed by atoms with Crippen LogP contribution in [0.3, 0.4) is 0 Å². The van der Waals surface area contributed by atoms with Gasteiger partial charge in [0.25, 0.3) is 5.91 Å². The number of para-hydroxylation sites is 2. The van der Waals surface area contributed by atoms with Crippen molar-refractivity contribution in [3.05, 3.63) is 58.9 Å². The lowest BCUT2D eigenvalue weighted by Crippen LogP contribution is -2.52. The minimum Gasteiger partial charge on any atom is -0.477 e. The molecule has 2 aliphatic rings. The largest absolute Gasteiger partial charge is 0.477 e. The summed E-state index contributed by atoms with van der Waals surface area (Å²) < 4.78 is 24.7. The lowest BCUT2D eigenvalue weighted by molar-refractivity contribution is -0.142. The molecule has 0 radical (unpaired) electrons. The minimum absolute atomic E-state index is 0.0389. The Hall–Kier alpha value is -2.31. The van der Waals surface area contributed by atoms with Gasteiger partial charge in [0.1, 0.15) is 11.6 Å². The van der Waals surface area contributed by atoms with E-state index in [1.165, 1.54) is 12.1 Å². The van der Waals surface area contributed by atoms with Crippen LogP contribution in [0.2, 0.25) is 5.02 Å². The van der Waals surface area contributed by atoms with Gasteiger partial charge in [-0.1, -0.05) is 29.8 Å². The quantitative estimate of drug-likeness (QED) is 0.807. The first-order valence-electron chi connectivity index (χ1n) is 8.93. The molecule has 5 nitrogen and oxygen atoms in total. The third kappa shape index (κ3) is 3.87. The molecule has 1 unspecified atom stereocenters. The molecule has 1 amide bonds. The van der Waals surface area contributed by atoms with Gasteiger partial charge in [0.2, 0.25) is 0 Å². The Labute approximate surface area is 162 Å². The van der Waals surface area contributed by atoms with E-state index in [9.17, 15) is 9.18 Å². The number of benzene rings is 2. The molecular weight excluding hydrogens is 371 g/mol. The molecule has 2 aliphatic heterocycles. The Morgan fingerprint density at radius 2 is 1.96 bits per heavy atom. The van der Waals surface area contributed by atoms with Crippen LogP contribution in [-0.4, -0.2) is 49.8 Å². The fourth-order valence-corrected chi connectivity index (χ4v) is 3.66. The van der Waals surface area contributed by atoms with Crippen molar-refractivity contribution in [1.29, 1.82) is 0 Å². The van der Waals surface area contributed by atoms with Crippen LogP contribution in [0.1, 0.15) is 5.56 Å². The zero-order valence-corrected chi connectivity index (χ0v) is 15.5. The number of hydrogen-bond donors (Lipinski definition) is 0. The number of ether oxygens (including phenoxy) is 2. The monoisotopic (exact) mass is 390 g/mol. The summed E-state index contributed by atoms with van der Waals surface area (Å²) in [6.45, 7) is 3.11. The van der Waals surface area contributed by atoms with E-state index in [1.807, 2.05) is 24.3 Å². The normalized spacial score (nSPS) is 19.4. The summed E-state index contributed by atoms with van der Waals surface area (Å²) in [5, 5.41) is 0.370. The second-order valence-corrected chi connectivity index (χ2v) is 7.04. The minimum atomic E-state index is -0.600. The van der Waals surface area contributed by atoms with E-state index in [4.69, 9.17) is 21.1 Å². The highest BCUT2D eigenvalue weighted by molar-refractivity contribution is 6.31. The van der Waals surface area contributed by atoms with Gasteiger partial charge in [-0.25, -0.2) is 4.39 Å². The molecule has 0 saturated carbocycles. The maximum atomic E-state index is 13.4. The molecule has 0 bridgehead atoms. The SMILES string of the molecule is O=C(C1CN(Cc2ccc(F)cc2Cl)c2ccccc2O1)N1CCOCC1. The van der Waals surface area contributed by atoms with Gasteiger partial charge in [-0.2, -0.15) is 0 Å². The second kappa shape index (κ2) is 7.74. The standard InChI is InChI=1S/C20H20ClFN2O3/c21-16-11-15(22)6-5-14(16)12-24-13-19(20(25)23-7-9-26-10-8-23)27-18-4-2-1-3-17(18)24/h1-6,11,19H,7-10,12-13H2. The third-order valence-electron chi connectivity index (χ3n) is 4.84. The summed E-state index contributed by atoms with van der Waals surface area (Å²) in [5.41, 5.74) is 1.69. The van der Waals surface area contributed by atoms with Crippen molar-refractivity contribution < 1.29 is 18.7 Å². The number of amides is 1. The van der Waals surface area contributed by atoms with E-state index >= 15 is 0 Å². The Bertz CT molecular complexity index is 842. The molecule has 0 N–H and O–H groups in total. The summed E-state index contributed by atoms with van der Waals surface area (Å²) in [4.78, 5) is 16.8. The lowest BCUT2D eigenvalue weighted by Gasteiger charge is -2.38. The molecule has 7 heteroatoms. The average molecular weight is 391 g/mol. The number of hydrogen-bond acceptors (Lipinski definition) is 4. The highest BCUT2D eigenvalue weighted by Gasteiger charge is 2.34. The van der Waals surface area contributed by atoms with E-state index in [2.05, 4.69) is 4.90 Å². The summed E-state index contributed by atoms with van der Waals surface area (Å²) >= 11 is 6.21. The van der Waals surface area contributed by atoms with Crippen molar-refractivity contribution in [1.82, 2.24) is 4.90 Å². The Kier molecular flexibility index (Phi) is 5.18. The Morgan fingerprint density at radius 1 is 1.19 bits per heavy atom. The molecule has 1 fully saturated rings. The van der Waals surface area contributed by atoms with Gasteiger partial charge < -0.3 is 19.3 Å². The predicted molar refractivity (Wildman–Crippen MR) is 101 cm³/mol. The van der Waals surface area contributed by atoms with Crippen LogP contribution < -0.4 is 9.64 Å². The third-order valence-corrected chi connectivity index (χ3v) is 5.19. The van der Waals surface area contributed by atoms with Gasteiger partial charge in [-0.3, -0.25) is 4.79 Å². The number of nitrogens with zero attached hydrogens (tertiary/aromatic N) is 2. The van der Waals surface area contributed by atoms with E-state index in [0.29, 0.717) is 50.2 Å². The number of fused-ring (bicyclic) bond motifs is 1. The first-order chi connectivity index (χ1) is 13.1. The Balaban J connectivity index is 1.59. The molecule has 1 atom stereocenters. The fourth-order valence-electron chi connectivity index (χ4n) is 3.43. The molecule has 2 aromatic rings. The average Bonchev–Trinajstić information content (AvgIpc) is 2.70. The molecule has 0 aliphatic carbocycles. The van der Waals surface area contributed by atoms with Crippen molar-refractivity contribution in [2.24, 2.45) is 0 Å². The van der Waals surface area contributed by atoms with Crippen LogP contribution >= 0.6 is 11.6 Å². The molecule has 1 saturated heterocycles. The lowest BCUT2D eigenvalue weighted by atomic mass is 10.1. The molecule has 2 heterocycles. The van der Waals surface area contributed by atoms with Crippen LogP contribution in [0, 0.1) is 5.82 Å². The van der Waals surface area contributed by atoms with Crippen LogP contribution in [0.4, 0.5) is 10.1 Å². The molecule has 0 spiro atoms. The van der Waals surface area contributed by atoms with Crippen molar-refractivity contribution in [2.75, 3.05) is 37.7 Å². The van der Waals surface area contributed by atoms with Crippen LogP contribution in [0.5, 0.6) is 5.75 Å². The summed E-state index contributed by atoms with van der Waals surface area (Å²) in [6.07, 6.45) is -0.600. The van der Waals surface area contributed by atoms with Crippen molar-refractivity contribution in [3.8, 4) is 5.75 Å². The number of carbonyl (C=O) groups excluding carboxylic acids is 1. The maximum Gasteiger partial charge on any atom is 0.265 e. The molecule has 0 aromatic heterocycles. The zero-order valence-electron chi connectivity index (χ0n) is 14.7. The van der Waals surface area contributed by atoms with Crippen LogP contribution in [0.25, 0.3) is 0 Å².